The molecule has 0 saturated carbocycles. The second-order valence-corrected chi connectivity index (χ2v) is 6.85. The van der Waals surface area contributed by atoms with Gasteiger partial charge in [0.15, 0.2) is 5.82 Å². The normalized spacial score (nSPS) is 12.6. The van der Waals surface area contributed by atoms with Crippen molar-refractivity contribution in [1.29, 1.82) is 0 Å². The fraction of sp³-hybridized carbons (Fsp3) is 0.571. The number of nitrogens with zero attached hydrogens (tertiary/aromatic N) is 2. The summed E-state index contributed by atoms with van der Waals surface area (Å²) in [6.07, 6.45) is 1.55. The molecule has 0 radical (unpaired) electrons. The monoisotopic (exact) mass is 282 g/mol. The lowest BCUT2D eigenvalue weighted by Crippen LogP contribution is -2.20. The maximum Gasteiger partial charge on any atom is 0.243 e. The number of aryl methyl sites for hydroxylation is 1. The molecule has 0 bridgehead atoms. The SMILES string of the molecule is CCCS(=O)(=O)Nc1nn(C)cc1S(N)(=O)=O. The molecule has 0 atom stereocenters. The van der Waals surface area contributed by atoms with Gasteiger partial charge in [-0.1, -0.05) is 6.92 Å². The van der Waals surface area contributed by atoms with Crippen molar-refractivity contribution in [2.75, 3.05) is 10.5 Å². The van der Waals surface area contributed by atoms with E-state index in [0.717, 1.165) is 6.20 Å². The number of primary sulfonamides is 1. The fourth-order valence-electron chi connectivity index (χ4n) is 1.21. The van der Waals surface area contributed by atoms with E-state index in [1.54, 1.807) is 6.92 Å². The van der Waals surface area contributed by atoms with Gasteiger partial charge < -0.3 is 0 Å². The molecule has 8 nitrogen and oxygen atoms in total. The van der Waals surface area contributed by atoms with Crippen LogP contribution in [-0.2, 0) is 27.1 Å². The van der Waals surface area contributed by atoms with Crippen LogP contribution in [0, 0.1) is 0 Å². The first-order chi connectivity index (χ1) is 7.65. The summed E-state index contributed by atoms with van der Waals surface area (Å²) in [5.74, 6) is -0.392. The molecule has 17 heavy (non-hydrogen) atoms. The second kappa shape index (κ2) is 4.63. The molecular formula is C7H14N4O4S2. The van der Waals surface area contributed by atoms with Gasteiger partial charge in [-0.25, -0.2) is 22.0 Å². The third kappa shape index (κ3) is 3.68. The molecule has 0 amide bonds. The van der Waals surface area contributed by atoms with Crippen molar-refractivity contribution < 1.29 is 16.8 Å². The van der Waals surface area contributed by atoms with Gasteiger partial charge in [0.2, 0.25) is 20.0 Å². The van der Waals surface area contributed by atoms with Gasteiger partial charge in [0.1, 0.15) is 4.90 Å². The van der Waals surface area contributed by atoms with Crippen molar-refractivity contribution in [2.24, 2.45) is 12.2 Å². The summed E-state index contributed by atoms with van der Waals surface area (Å²) in [6.45, 7) is 1.69. The maximum absolute atomic E-state index is 11.5. The van der Waals surface area contributed by atoms with Crippen molar-refractivity contribution in [3.63, 3.8) is 0 Å². The molecule has 0 aliphatic rings. The molecule has 0 fully saturated rings. The highest BCUT2D eigenvalue weighted by molar-refractivity contribution is 7.93. The number of nitrogens with one attached hydrogen (secondary N) is 1. The van der Waals surface area contributed by atoms with Crippen LogP contribution in [0.15, 0.2) is 11.1 Å². The lowest BCUT2D eigenvalue weighted by atomic mass is 10.6. The minimum atomic E-state index is -4.01. The van der Waals surface area contributed by atoms with Gasteiger partial charge >= 0.3 is 0 Å². The lowest BCUT2D eigenvalue weighted by Gasteiger charge is -2.04. The molecule has 1 heterocycles. The largest absolute Gasteiger partial charge is 0.272 e. The summed E-state index contributed by atoms with van der Waals surface area (Å²) in [5, 5.41) is 8.66. The molecule has 3 N–H and O–H groups in total. The molecule has 98 valence electrons. The van der Waals surface area contributed by atoms with E-state index in [9.17, 15) is 16.8 Å². The van der Waals surface area contributed by atoms with E-state index in [4.69, 9.17) is 5.14 Å². The summed E-state index contributed by atoms with van der Waals surface area (Å²) in [5.41, 5.74) is 0. The number of rotatable bonds is 5. The Morgan fingerprint density at radius 2 is 2.00 bits per heavy atom. The van der Waals surface area contributed by atoms with Gasteiger partial charge in [-0.05, 0) is 6.42 Å². The zero-order chi connectivity index (χ0) is 13.3. The Morgan fingerprint density at radius 1 is 1.41 bits per heavy atom. The van der Waals surface area contributed by atoms with E-state index in [2.05, 4.69) is 9.82 Å². The second-order valence-electron chi connectivity index (χ2n) is 3.48. The van der Waals surface area contributed by atoms with Crippen LogP contribution in [0.5, 0.6) is 0 Å². The van der Waals surface area contributed by atoms with E-state index in [1.807, 2.05) is 0 Å². The summed E-state index contributed by atoms with van der Waals surface area (Å²) in [7, 11) is -6.15. The fourth-order valence-corrected chi connectivity index (χ4v) is 3.02. The Labute approximate surface area is 99.9 Å². The first-order valence-electron chi connectivity index (χ1n) is 4.72. The Hall–Kier alpha value is -1.13. The van der Waals surface area contributed by atoms with Gasteiger partial charge in [-0.15, -0.1) is 0 Å². The average molecular weight is 282 g/mol. The van der Waals surface area contributed by atoms with Crippen LogP contribution >= 0.6 is 0 Å². The van der Waals surface area contributed by atoms with Gasteiger partial charge in [-0.2, -0.15) is 5.10 Å². The number of sulfonamides is 2. The highest BCUT2D eigenvalue weighted by atomic mass is 32.2. The van der Waals surface area contributed by atoms with Gasteiger partial charge in [-0.3, -0.25) is 9.40 Å². The van der Waals surface area contributed by atoms with Crippen LogP contribution in [0.2, 0.25) is 0 Å². The first-order valence-corrected chi connectivity index (χ1v) is 7.92. The summed E-state index contributed by atoms with van der Waals surface area (Å²) in [6, 6.07) is 0. The third-order valence-corrected chi connectivity index (χ3v) is 4.19. The summed E-state index contributed by atoms with van der Waals surface area (Å²) < 4.78 is 48.7. The zero-order valence-electron chi connectivity index (χ0n) is 9.41. The molecule has 0 aliphatic carbocycles. The van der Waals surface area contributed by atoms with Crippen LogP contribution < -0.4 is 9.86 Å². The number of nitrogens with two attached hydrogens (primary N) is 1. The van der Waals surface area contributed by atoms with Crippen molar-refractivity contribution in [3.05, 3.63) is 6.20 Å². The molecule has 1 rings (SSSR count). The lowest BCUT2D eigenvalue weighted by molar-refractivity contribution is 0.598. The van der Waals surface area contributed by atoms with Gasteiger partial charge in [0.05, 0.1) is 5.75 Å². The molecule has 0 spiro atoms. The van der Waals surface area contributed by atoms with Crippen molar-refractivity contribution >= 4 is 25.9 Å². The highest BCUT2D eigenvalue weighted by Crippen LogP contribution is 2.18. The Balaban J connectivity index is 3.17. The van der Waals surface area contributed by atoms with Crippen LogP contribution in [0.25, 0.3) is 0 Å². The topological polar surface area (TPSA) is 124 Å². The van der Waals surface area contributed by atoms with Crippen LogP contribution in [0.4, 0.5) is 5.82 Å². The quantitative estimate of drug-likeness (QED) is 0.733. The van der Waals surface area contributed by atoms with Crippen molar-refractivity contribution in [3.8, 4) is 0 Å². The van der Waals surface area contributed by atoms with Crippen LogP contribution in [0.3, 0.4) is 0 Å². The number of aromatic nitrogens is 2. The predicted molar refractivity (Wildman–Crippen MR) is 62.3 cm³/mol. The minimum Gasteiger partial charge on any atom is -0.272 e. The van der Waals surface area contributed by atoms with Crippen LogP contribution in [-0.4, -0.2) is 32.4 Å². The van der Waals surface area contributed by atoms with E-state index in [1.165, 1.54) is 11.7 Å². The van der Waals surface area contributed by atoms with Crippen LogP contribution in [0.1, 0.15) is 13.3 Å². The highest BCUT2D eigenvalue weighted by Gasteiger charge is 2.21. The van der Waals surface area contributed by atoms with Gasteiger partial charge in [0.25, 0.3) is 0 Å². The number of hydrogen-bond acceptors (Lipinski definition) is 5. The Morgan fingerprint density at radius 3 is 2.47 bits per heavy atom. The van der Waals surface area contributed by atoms with E-state index in [0.29, 0.717) is 6.42 Å². The number of hydrogen-bond donors (Lipinski definition) is 2. The summed E-state index contributed by atoms with van der Waals surface area (Å²) >= 11 is 0. The minimum absolute atomic E-state index is 0.117. The molecule has 0 aliphatic heterocycles. The first kappa shape index (κ1) is 13.9. The molecule has 1 aromatic heterocycles. The van der Waals surface area contributed by atoms with Gasteiger partial charge in [0, 0.05) is 13.2 Å². The zero-order valence-corrected chi connectivity index (χ0v) is 11.0. The maximum atomic E-state index is 11.5. The smallest absolute Gasteiger partial charge is 0.243 e. The Bertz CT molecular complexity index is 602. The third-order valence-electron chi connectivity index (χ3n) is 1.83. The predicted octanol–water partition coefficient (Wildman–Crippen LogP) is -0.781. The molecule has 0 unspecified atom stereocenters. The molecule has 10 heteroatoms. The van der Waals surface area contributed by atoms with E-state index < -0.39 is 20.0 Å². The average Bonchev–Trinajstić information content (AvgIpc) is 2.44. The molecule has 0 saturated heterocycles. The standard InChI is InChI=1S/C7H14N4O4S2/c1-3-4-16(12,13)10-7-6(17(8,14)15)5-11(2)9-7/h5H,3-4H2,1-2H3,(H,9,10)(H2,8,14,15). The molecular weight excluding hydrogens is 268 g/mol. The molecule has 1 aromatic rings. The van der Waals surface area contributed by atoms with Crippen molar-refractivity contribution in [2.45, 2.75) is 18.2 Å². The van der Waals surface area contributed by atoms with E-state index >= 15 is 0 Å². The van der Waals surface area contributed by atoms with E-state index in [-0.39, 0.29) is 16.5 Å². The molecule has 0 aromatic carbocycles. The summed E-state index contributed by atoms with van der Waals surface area (Å²) in [4.78, 5) is -0.348. The Kier molecular flexibility index (Phi) is 3.79. The van der Waals surface area contributed by atoms with Crippen molar-refractivity contribution in [1.82, 2.24) is 9.78 Å². The number of anilines is 1.